The number of benzene rings is 1. The lowest BCUT2D eigenvalue weighted by molar-refractivity contribution is -0.109. The van der Waals surface area contributed by atoms with Crippen LogP contribution in [0.15, 0.2) is 46.9 Å². The predicted octanol–water partition coefficient (Wildman–Crippen LogP) is 3.31. The predicted molar refractivity (Wildman–Crippen MR) is 85.2 cm³/mol. The summed E-state index contributed by atoms with van der Waals surface area (Å²) in [6.07, 6.45) is 0.763. The molecule has 1 aromatic rings. The van der Waals surface area contributed by atoms with Gasteiger partial charge in [0, 0.05) is 6.42 Å². The lowest BCUT2D eigenvalue weighted by Gasteiger charge is -2.20. The van der Waals surface area contributed by atoms with Crippen molar-refractivity contribution in [3.63, 3.8) is 0 Å². The molecule has 110 valence electrons. The van der Waals surface area contributed by atoms with E-state index in [0.717, 1.165) is 29.5 Å². The van der Waals surface area contributed by atoms with E-state index in [1.807, 2.05) is 51.1 Å². The van der Waals surface area contributed by atoms with Gasteiger partial charge in [-0.05, 0) is 26.3 Å². The van der Waals surface area contributed by atoms with E-state index in [0.29, 0.717) is 5.70 Å². The highest BCUT2D eigenvalue weighted by Gasteiger charge is 2.44. The summed E-state index contributed by atoms with van der Waals surface area (Å²) < 4.78 is -0.572. The van der Waals surface area contributed by atoms with E-state index >= 15 is 0 Å². The number of carbonyl (C=O) groups is 1. The van der Waals surface area contributed by atoms with Crippen LogP contribution in [0, 0.1) is 0 Å². The molecule has 4 nitrogen and oxygen atoms in total. The van der Waals surface area contributed by atoms with E-state index in [2.05, 4.69) is 5.10 Å². The maximum absolute atomic E-state index is 12.2. The van der Waals surface area contributed by atoms with Gasteiger partial charge < -0.3 is 5.11 Å². The van der Waals surface area contributed by atoms with Crippen LogP contribution in [0.5, 0.6) is 0 Å². The van der Waals surface area contributed by atoms with Crippen LogP contribution in [0.4, 0.5) is 0 Å². The molecule has 2 aliphatic heterocycles. The van der Waals surface area contributed by atoms with Crippen molar-refractivity contribution >= 4 is 22.6 Å². The molecule has 0 spiro atoms. The second-order valence-corrected chi connectivity index (χ2v) is 7.50. The zero-order chi connectivity index (χ0) is 15.2. The van der Waals surface area contributed by atoms with E-state index in [9.17, 15) is 9.90 Å². The number of thioether (sulfide) groups is 1. The quantitative estimate of drug-likeness (QED) is 0.910. The highest BCUT2D eigenvalue weighted by molar-refractivity contribution is 8.15. The van der Waals surface area contributed by atoms with Crippen molar-refractivity contribution in [2.75, 3.05) is 0 Å². The van der Waals surface area contributed by atoms with E-state index < -0.39 is 4.75 Å². The molecule has 1 atom stereocenters. The van der Waals surface area contributed by atoms with Crippen LogP contribution in [0.3, 0.4) is 0 Å². The van der Waals surface area contributed by atoms with Crippen molar-refractivity contribution in [2.24, 2.45) is 5.10 Å². The van der Waals surface area contributed by atoms with Crippen molar-refractivity contribution in [1.82, 2.24) is 5.01 Å². The summed E-state index contributed by atoms with van der Waals surface area (Å²) in [5.74, 6) is 0.127. The fraction of sp³-hybridized carbons (Fsp3) is 0.375. The topological polar surface area (TPSA) is 52.9 Å². The van der Waals surface area contributed by atoms with Gasteiger partial charge in [-0.25, -0.2) is 0 Å². The van der Waals surface area contributed by atoms with Crippen LogP contribution in [0.25, 0.3) is 0 Å². The van der Waals surface area contributed by atoms with Gasteiger partial charge in [0.15, 0.2) is 5.70 Å². The average molecular weight is 302 g/mol. The van der Waals surface area contributed by atoms with Gasteiger partial charge in [-0.1, -0.05) is 42.1 Å². The Balaban J connectivity index is 1.99. The number of hydrogen-bond acceptors (Lipinski definition) is 5. The van der Waals surface area contributed by atoms with Crippen molar-refractivity contribution in [1.29, 1.82) is 0 Å². The van der Waals surface area contributed by atoms with Gasteiger partial charge in [-0.2, -0.15) is 5.10 Å². The minimum Gasteiger partial charge on any atom is -0.508 e. The van der Waals surface area contributed by atoms with Crippen LogP contribution in [-0.2, 0) is 4.79 Å². The van der Waals surface area contributed by atoms with Crippen molar-refractivity contribution in [3.05, 3.63) is 47.4 Å². The van der Waals surface area contributed by atoms with Crippen LogP contribution in [-0.4, -0.2) is 31.7 Å². The molecule has 0 aliphatic carbocycles. The van der Waals surface area contributed by atoms with Crippen LogP contribution >= 0.6 is 11.8 Å². The molecule has 1 unspecified atom stereocenters. The van der Waals surface area contributed by atoms with E-state index in [1.54, 1.807) is 5.01 Å². The summed E-state index contributed by atoms with van der Waals surface area (Å²) in [6.45, 7) is 5.71. The molecule has 3 rings (SSSR count). The first-order valence-corrected chi connectivity index (χ1v) is 7.81. The standard InChI is InChI=1S/C16H18N2O2S/c1-10-9-12(11-7-5-4-6-8-11)17-18(10)13-14(19)16(2,3)21-15(13)20/h4-8,10,19H,9H2,1-3H3. The van der Waals surface area contributed by atoms with Crippen LogP contribution in [0.2, 0.25) is 0 Å². The highest BCUT2D eigenvalue weighted by Crippen LogP contribution is 2.44. The molecule has 0 aromatic heterocycles. The molecule has 2 heterocycles. The summed E-state index contributed by atoms with van der Waals surface area (Å²) in [5.41, 5.74) is 2.35. The van der Waals surface area contributed by atoms with Gasteiger partial charge in [0.1, 0.15) is 5.76 Å². The summed E-state index contributed by atoms with van der Waals surface area (Å²) in [7, 11) is 0. The number of aliphatic hydroxyl groups is 1. The second-order valence-electron chi connectivity index (χ2n) is 5.91. The minimum atomic E-state index is -0.572. The Labute approximate surface area is 128 Å². The zero-order valence-electron chi connectivity index (χ0n) is 12.3. The first-order chi connectivity index (χ1) is 9.90. The third-order valence-corrected chi connectivity index (χ3v) is 4.89. The Kier molecular flexibility index (Phi) is 3.32. The monoisotopic (exact) mass is 302 g/mol. The third kappa shape index (κ3) is 2.35. The van der Waals surface area contributed by atoms with Crippen LogP contribution in [0.1, 0.15) is 32.8 Å². The Morgan fingerprint density at radius 1 is 1.33 bits per heavy atom. The Morgan fingerprint density at radius 2 is 2.00 bits per heavy atom. The molecule has 2 aliphatic rings. The number of hydrogen-bond donors (Lipinski definition) is 1. The number of rotatable bonds is 2. The summed E-state index contributed by atoms with van der Waals surface area (Å²) >= 11 is 1.15. The van der Waals surface area contributed by atoms with Crippen molar-refractivity contribution in [2.45, 2.75) is 38.0 Å². The molecular formula is C16H18N2O2S. The Morgan fingerprint density at radius 3 is 2.57 bits per heavy atom. The van der Waals surface area contributed by atoms with Crippen molar-refractivity contribution < 1.29 is 9.90 Å². The number of aliphatic hydroxyl groups excluding tert-OH is 1. The summed E-state index contributed by atoms with van der Waals surface area (Å²) in [4.78, 5) is 12.2. The molecule has 1 N–H and O–H groups in total. The van der Waals surface area contributed by atoms with Gasteiger partial charge in [-0.15, -0.1) is 0 Å². The van der Waals surface area contributed by atoms with Crippen molar-refractivity contribution in [3.8, 4) is 0 Å². The maximum Gasteiger partial charge on any atom is 0.241 e. The number of hydrazone groups is 1. The van der Waals surface area contributed by atoms with Gasteiger partial charge in [-0.3, -0.25) is 9.80 Å². The zero-order valence-corrected chi connectivity index (χ0v) is 13.1. The summed E-state index contributed by atoms with van der Waals surface area (Å²) in [5, 5.41) is 16.5. The minimum absolute atomic E-state index is 0.0656. The molecule has 0 amide bonds. The van der Waals surface area contributed by atoms with Crippen LogP contribution < -0.4 is 0 Å². The van der Waals surface area contributed by atoms with Gasteiger partial charge in [0.25, 0.3) is 0 Å². The molecule has 0 radical (unpaired) electrons. The van der Waals surface area contributed by atoms with E-state index in [-0.39, 0.29) is 16.9 Å². The molecule has 0 fully saturated rings. The maximum atomic E-state index is 12.2. The Bertz CT molecular complexity index is 650. The highest BCUT2D eigenvalue weighted by atomic mass is 32.2. The first-order valence-electron chi connectivity index (χ1n) is 6.99. The van der Waals surface area contributed by atoms with E-state index in [1.165, 1.54) is 0 Å². The number of carbonyl (C=O) groups excluding carboxylic acids is 1. The average Bonchev–Trinajstić information content (AvgIpc) is 2.90. The molecule has 0 saturated heterocycles. The van der Waals surface area contributed by atoms with E-state index in [4.69, 9.17) is 0 Å². The fourth-order valence-electron chi connectivity index (χ4n) is 2.62. The van der Waals surface area contributed by atoms with Gasteiger partial charge in [0.2, 0.25) is 5.12 Å². The normalized spacial score (nSPS) is 24.7. The molecular weight excluding hydrogens is 284 g/mol. The Hall–Kier alpha value is -1.75. The SMILES string of the molecule is CC1CC(c2ccccc2)=NN1C1=C(O)C(C)(C)SC1=O. The smallest absolute Gasteiger partial charge is 0.241 e. The number of nitrogens with zero attached hydrogens (tertiary/aromatic N) is 2. The summed E-state index contributed by atoms with van der Waals surface area (Å²) in [6, 6.07) is 10.0. The molecule has 21 heavy (non-hydrogen) atoms. The molecule has 5 heteroatoms. The lowest BCUT2D eigenvalue weighted by atomic mass is 10.0. The fourth-order valence-corrected chi connectivity index (χ4v) is 3.57. The van der Waals surface area contributed by atoms with Gasteiger partial charge >= 0.3 is 0 Å². The third-order valence-electron chi connectivity index (χ3n) is 3.81. The first kappa shape index (κ1) is 14.2. The largest absolute Gasteiger partial charge is 0.508 e. The molecule has 1 aromatic carbocycles. The van der Waals surface area contributed by atoms with Gasteiger partial charge in [0.05, 0.1) is 16.5 Å². The lowest BCUT2D eigenvalue weighted by Crippen LogP contribution is -2.26. The molecule has 0 bridgehead atoms. The second kappa shape index (κ2) is 4.91. The molecule has 0 saturated carbocycles.